The zero-order valence-corrected chi connectivity index (χ0v) is 16.6. The second-order valence-electron chi connectivity index (χ2n) is 6.19. The number of aryl methyl sites for hydroxylation is 1. The Morgan fingerprint density at radius 2 is 1.97 bits per heavy atom. The molecule has 0 saturated carbocycles. The predicted octanol–water partition coefficient (Wildman–Crippen LogP) is 4.13. The summed E-state index contributed by atoms with van der Waals surface area (Å²) in [6, 6.07) is 12.3. The van der Waals surface area contributed by atoms with Gasteiger partial charge in [0, 0.05) is 11.6 Å². The van der Waals surface area contributed by atoms with Gasteiger partial charge in [-0.05, 0) is 55.3 Å². The summed E-state index contributed by atoms with van der Waals surface area (Å²) in [5.41, 5.74) is 7.64. The van der Waals surface area contributed by atoms with Crippen molar-refractivity contribution in [1.82, 2.24) is 15.1 Å². The topological polar surface area (TPSA) is 96.7 Å². The van der Waals surface area contributed by atoms with Gasteiger partial charge in [-0.1, -0.05) is 23.2 Å². The van der Waals surface area contributed by atoms with Gasteiger partial charge in [-0.15, -0.1) is 0 Å². The Morgan fingerprint density at radius 3 is 2.66 bits per heavy atom. The van der Waals surface area contributed by atoms with Crippen LogP contribution in [-0.4, -0.2) is 22.2 Å². The molecule has 0 atom stereocenters. The van der Waals surface area contributed by atoms with E-state index in [1.165, 1.54) is 35.0 Å². The quantitative estimate of drug-likeness (QED) is 0.573. The predicted molar refractivity (Wildman–Crippen MR) is 110 cm³/mol. The Labute approximate surface area is 176 Å². The van der Waals surface area contributed by atoms with E-state index < -0.39 is 0 Å². The Hall–Kier alpha value is -3.08. The number of nitrogens with one attached hydrogen (secondary N) is 1. The number of nitrogens with zero attached hydrogens (tertiary/aromatic N) is 3. The van der Waals surface area contributed by atoms with Crippen LogP contribution in [0, 0.1) is 17.1 Å². The highest BCUT2D eigenvalue weighted by atomic mass is 35.5. The Bertz CT molecular complexity index is 1090. The van der Waals surface area contributed by atoms with Crippen LogP contribution in [0.4, 0.5) is 10.2 Å². The van der Waals surface area contributed by atoms with Crippen molar-refractivity contribution < 1.29 is 9.18 Å². The molecule has 0 aliphatic rings. The zero-order chi connectivity index (χ0) is 21.0. The van der Waals surface area contributed by atoms with Gasteiger partial charge < -0.3 is 11.1 Å². The second-order valence-corrected chi connectivity index (χ2v) is 7.03. The molecule has 0 aliphatic carbocycles. The summed E-state index contributed by atoms with van der Waals surface area (Å²) in [6.45, 7) is 0.343. The highest BCUT2D eigenvalue weighted by Gasteiger charge is 2.17. The molecule has 6 nitrogen and oxygen atoms in total. The Balaban J connectivity index is 1.66. The van der Waals surface area contributed by atoms with Crippen LogP contribution in [0.5, 0.6) is 0 Å². The van der Waals surface area contributed by atoms with Crippen LogP contribution in [0.3, 0.4) is 0 Å². The first-order valence-corrected chi connectivity index (χ1v) is 9.43. The Morgan fingerprint density at radius 1 is 1.24 bits per heavy atom. The molecule has 1 amide bonds. The SMILES string of the molecule is N#Cc1c(CCCNC(=O)c2cc(Cl)ccc2Cl)nn(-c2ccc(F)cc2)c1N. The zero-order valence-electron chi connectivity index (χ0n) is 15.1. The number of nitrogen functional groups attached to an aromatic ring is 1. The average Bonchev–Trinajstić information content (AvgIpc) is 3.02. The van der Waals surface area contributed by atoms with Crippen LogP contribution in [0.2, 0.25) is 10.0 Å². The first-order chi connectivity index (χ1) is 13.9. The van der Waals surface area contributed by atoms with Gasteiger partial charge >= 0.3 is 0 Å². The first kappa shape index (κ1) is 20.6. The van der Waals surface area contributed by atoms with Gasteiger partial charge in [-0.2, -0.15) is 10.4 Å². The first-order valence-electron chi connectivity index (χ1n) is 8.67. The number of benzene rings is 2. The number of rotatable bonds is 6. The van der Waals surface area contributed by atoms with Crippen LogP contribution in [0.15, 0.2) is 42.5 Å². The summed E-state index contributed by atoms with van der Waals surface area (Å²) in [6.07, 6.45) is 0.948. The maximum Gasteiger partial charge on any atom is 0.252 e. The van der Waals surface area contributed by atoms with Crippen LogP contribution >= 0.6 is 23.2 Å². The van der Waals surface area contributed by atoms with Crippen LogP contribution in [0.25, 0.3) is 5.69 Å². The van der Waals surface area contributed by atoms with Gasteiger partial charge in [-0.25, -0.2) is 9.07 Å². The summed E-state index contributed by atoms with van der Waals surface area (Å²) < 4.78 is 14.5. The number of hydrogen-bond acceptors (Lipinski definition) is 4. The molecule has 1 heterocycles. The van der Waals surface area contributed by atoms with Gasteiger partial charge in [0.25, 0.3) is 5.91 Å². The van der Waals surface area contributed by atoms with Crippen molar-refractivity contribution in [2.45, 2.75) is 12.8 Å². The van der Waals surface area contributed by atoms with Gasteiger partial charge in [0.15, 0.2) is 0 Å². The van der Waals surface area contributed by atoms with E-state index in [1.807, 2.05) is 0 Å². The summed E-state index contributed by atoms with van der Waals surface area (Å²) in [5, 5.41) is 17.3. The number of aromatic nitrogens is 2. The minimum Gasteiger partial charge on any atom is -0.382 e. The van der Waals surface area contributed by atoms with E-state index in [0.29, 0.717) is 46.4 Å². The minimum atomic E-state index is -0.379. The lowest BCUT2D eigenvalue weighted by molar-refractivity contribution is 0.0953. The maximum absolute atomic E-state index is 13.1. The monoisotopic (exact) mass is 431 g/mol. The van der Waals surface area contributed by atoms with Crippen molar-refractivity contribution in [3.05, 3.63) is 75.1 Å². The third kappa shape index (κ3) is 4.67. The molecule has 2 aromatic carbocycles. The standard InChI is InChI=1S/C20H16Cl2FN5O/c21-12-3-8-17(22)15(10-12)20(29)26-9-1-2-18-16(11-24)19(25)28(27-18)14-6-4-13(23)5-7-14/h3-8,10H,1-2,9,25H2,(H,26,29). The van der Waals surface area contributed by atoms with Gasteiger partial charge in [0.2, 0.25) is 0 Å². The normalized spacial score (nSPS) is 10.6. The van der Waals surface area contributed by atoms with Crippen LogP contribution in [-0.2, 0) is 6.42 Å². The van der Waals surface area contributed by atoms with Gasteiger partial charge in [-0.3, -0.25) is 4.79 Å². The third-order valence-electron chi connectivity index (χ3n) is 4.23. The van der Waals surface area contributed by atoms with E-state index in [-0.39, 0.29) is 23.1 Å². The molecule has 0 unspecified atom stereocenters. The summed E-state index contributed by atoms with van der Waals surface area (Å²) in [4.78, 5) is 12.2. The van der Waals surface area contributed by atoms with Crippen LogP contribution < -0.4 is 11.1 Å². The van der Waals surface area contributed by atoms with Gasteiger partial charge in [0.05, 0.1) is 22.0 Å². The van der Waals surface area contributed by atoms with Gasteiger partial charge in [0.1, 0.15) is 23.3 Å². The number of nitrogens with two attached hydrogens (primary N) is 1. The highest BCUT2D eigenvalue weighted by molar-refractivity contribution is 6.35. The molecular weight excluding hydrogens is 416 g/mol. The maximum atomic E-state index is 13.1. The Kier molecular flexibility index (Phi) is 6.37. The molecule has 0 aliphatic heterocycles. The number of nitriles is 1. The van der Waals surface area contributed by atoms with Crippen LogP contribution in [0.1, 0.15) is 28.0 Å². The number of carbonyl (C=O) groups is 1. The van der Waals surface area contributed by atoms with Crippen molar-refractivity contribution in [3.63, 3.8) is 0 Å². The summed E-state index contributed by atoms with van der Waals surface area (Å²) in [5.74, 6) is -0.533. The lowest BCUT2D eigenvalue weighted by Crippen LogP contribution is -2.25. The summed E-state index contributed by atoms with van der Waals surface area (Å²) in [7, 11) is 0. The average molecular weight is 432 g/mol. The van der Waals surface area contributed by atoms with Crippen molar-refractivity contribution in [1.29, 1.82) is 5.26 Å². The molecule has 1 aromatic heterocycles. The fraction of sp³-hybridized carbons (Fsp3) is 0.150. The molecule has 3 aromatic rings. The summed E-state index contributed by atoms with van der Waals surface area (Å²) >= 11 is 11.9. The number of amides is 1. The molecule has 0 spiro atoms. The number of carbonyl (C=O) groups excluding carboxylic acids is 1. The molecule has 0 bridgehead atoms. The molecule has 0 fully saturated rings. The van der Waals surface area contributed by atoms with Crippen molar-refractivity contribution in [2.24, 2.45) is 0 Å². The molecule has 0 saturated heterocycles. The molecule has 3 N–H and O–H groups in total. The smallest absolute Gasteiger partial charge is 0.252 e. The van der Waals surface area contributed by atoms with Crippen molar-refractivity contribution >= 4 is 34.9 Å². The van der Waals surface area contributed by atoms with Crippen molar-refractivity contribution in [2.75, 3.05) is 12.3 Å². The minimum absolute atomic E-state index is 0.184. The fourth-order valence-corrected chi connectivity index (χ4v) is 3.15. The molecule has 148 valence electrons. The van der Waals surface area contributed by atoms with E-state index in [1.54, 1.807) is 12.1 Å². The lowest BCUT2D eigenvalue weighted by Gasteiger charge is -2.07. The van der Waals surface area contributed by atoms with Crippen molar-refractivity contribution in [3.8, 4) is 11.8 Å². The third-order valence-corrected chi connectivity index (χ3v) is 4.79. The largest absolute Gasteiger partial charge is 0.382 e. The molecule has 0 radical (unpaired) electrons. The molecular formula is C20H16Cl2FN5O. The van der Waals surface area contributed by atoms with E-state index in [2.05, 4.69) is 16.5 Å². The van der Waals surface area contributed by atoms with E-state index >= 15 is 0 Å². The second kappa shape index (κ2) is 8.95. The molecule has 9 heteroatoms. The van der Waals surface area contributed by atoms with E-state index in [9.17, 15) is 14.4 Å². The lowest BCUT2D eigenvalue weighted by atomic mass is 10.1. The number of hydrogen-bond donors (Lipinski definition) is 2. The fourth-order valence-electron chi connectivity index (χ4n) is 2.78. The number of anilines is 1. The molecule has 29 heavy (non-hydrogen) atoms. The molecule has 3 rings (SSSR count). The number of halogens is 3. The van der Waals surface area contributed by atoms with E-state index in [4.69, 9.17) is 28.9 Å². The highest BCUT2D eigenvalue weighted by Crippen LogP contribution is 2.22. The van der Waals surface area contributed by atoms with E-state index in [0.717, 1.165) is 0 Å².